The SMILES string of the molecule is CC(C)N(Cc1ccccc1)C(=O)CC(=O)Nc1ccc(C#N)cc1. The molecule has 2 amide bonds. The van der Waals surface area contributed by atoms with Crippen molar-refractivity contribution < 1.29 is 9.59 Å². The van der Waals surface area contributed by atoms with Crippen molar-refractivity contribution in [3.63, 3.8) is 0 Å². The van der Waals surface area contributed by atoms with Crippen LogP contribution in [0.2, 0.25) is 0 Å². The van der Waals surface area contributed by atoms with E-state index in [1.54, 1.807) is 29.2 Å². The third kappa shape index (κ3) is 5.47. The first-order valence-electron chi connectivity index (χ1n) is 8.13. The zero-order valence-corrected chi connectivity index (χ0v) is 14.4. The van der Waals surface area contributed by atoms with Crippen molar-refractivity contribution in [2.75, 3.05) is 5.32 Å². The largest absolute Gasteiger partial charge is 0.336 e. The van der Waals surface area contributed by atoms with Crippen LogP contribution in [0.3, 0.4) is 0 Å². The molecule has 0 unspecified atom stereocenters. The minimum atomic E-state index is -0.367. The molecule has 2 rings (SSSR count). The summed E-state index contributed by atoms with van der Waals surface area (Å²) in [6.07, 6.45) is -0.217. The van der Waals surface area contributed by atoms with Crippen molar-refractivity contribution in [3.8, 4) is 6.07 Å². The number of nitrogens with one attached hydrogen (secondary N) is 1. The van der Waals surface area contributed by atoms with Gasteiger partial charge in [-0.3, -0.25) is 9.59 Å². The lowest BCUT2D eigenvalue weighted by Crippen LogP contribution is -2.38. The maximum absolute atomic E-state index is 12.5. The second-order valence-electron chi connectivity index (χ2n) is 6.02. The Kier molecular flexibility index (Phi) is 6.30. The van der Waals surface area contributed by atoms with E-state index in [4.69, 9.17) is 5.26 Å². The van der Waals surface area contributed by atoms with Gasteiger partial charge in [-0.1, -0.05) is 30.3 Å². The molecule has 0 aromatic heterocycles. The molecular formula is C20H21N3O2. The molecule has 128 valence electrons. The van der Waals surface area contributed by atoms with Crippen LogP contribution in [0.15, 0.2) is 54.6 Å². The number of nitriles is 1. The van der Waals surface area contributed by atoms with Crippen molar-refractivity contribution in [2.45, 2.75) is 32.9 Å². The highest BCUT2D eigenvalue weighted by Gasteiger charge is 2.20. The molecule has 1 N–H and O–H groups in total. The quantitative estimate of drug-likeness (QED) is 0.823. The number of anilines is 1. The Morgan fingerprint density at radius 1 is 1.08 bits per heavy atom. The van der Waals surface area contributed by atoms with E-state index in [0.717, 1.165) is 5.56 Å². The minimum absolute atomic E-state index is 0.00424. The number of benzene rings is 2. The number of carbonyl (C=O) groups is 2. The van der Waals surface area contributed by atoms with Crippen molar-refractivity contribution in [1.82, 2.24) is 4.90 Å². The van der Waals surface area contributed by atoms with Crippen molar-refractivity contribution in [1.29, 1.82) is 5.26 Å². The van der Waals surface area contributed by atoms with E-state index in [0.29, 0.717) is 17.8 Å². The fourth-order valence-electron chi connectivity index (χ4n) is 2.41. The van der Waals surface area contributed by atoms with Gasteiger partial charge < -0.3 is 10.2 Å². The topological polar surface area (TPSA) is 73.2 Å². The highest BCUT2D eigenvalue weighted by Crippen LogP contribution is 2.12. The summed E-state index contributed by atoms with van der Waals surface area (Å²) in [5, 5.41) is 11.5. The van der Waals surface area contributed by atoms with Gasteiger partial charge in [0, 0.05) is 18.3 Å². The molecule has 5 nitrogen and oxygen atoms in total. The zero-order valence-electron chi connectivity index (χ0n) is 14.4. The fourth-order valence-corrected chi connectivity index (χ4v) is 2.41. The van der Waals surface area contributed by atoms with Gasteiger partial charge in [0.15, 0.2) is 0 Å². The highest BCUT2D eigenvalue weighted by molar-refractivity contribution is 6.03. The number of rotatable bonds is 6. The molecule has 0 fully saturated rings. The lowest BCUT2D eigenvalue weighted by Gasteiger charge is -2.26. The molecule has 2 aromatic rings. The predicted octanol–water partition coefficient (Wildman–Crippen LogP) is 3.32. The smallest absolute Gasteiger partial charge is 0.233 e. The molecule has 0 saturated carbocycles. The van der Waals surface area contributed by atoms with Crippen molar-refractivity contribution >= 4 is 17.5 Å². The summed E-state index contributed by atoms with van der Waals surface area (Å²) in [5.41, 5.74) is 2.11. The van der Waals surface area contributed by atoms with Crippen LogP contribution in [-0.2, 0) is 16.1 Å². The number of hydrogen-bond donors (Lipinski definition) is 1. The Balaban J connectivity index is 1.97. The fraction of sp³-hybridized carbons (Fsp3) is 0.250. The summed E-state index contributed by atoms with van der Waals surface area (Å²) in [4.78, 5) is 26.3. The van der Waals surface area contributed by atoms with E-state index in [1.807, 2.05) is 50.2 Å². The molecule has 25 heavy (non-hydrogen) atoms. The minimum Gasteiger partial charge on any atom is -0.336 e. The summed E-state index contributed by atoms with van der Waals surface area (Å²) in [6, 6.07) is 18.2. The van der Waals surface area contributed by atoms with Gasteiger partial charge in [0.1, 0.15) is 6.42 Å². The molecule has 0 atom stereocenters. The lowest BCUT2D eigenvalue weighted by molar-refractivity contribution is -0.136. The summed E-state index contributed by atoms with van der Waals surface area (Å²) in [7, 11) is 0. The molecule has 0 radical (unpaired) electrons. The maximum atomic E-state index is 12.5. The standard InChI is InChI=1S/C20H21N3O2/c1-15(2)23(14-17-6-4-3-5-7-17)20(25)12-19(24)22-18-10-8-16(13-21)9-11-18/h3-11,15H,12,14H2,1-2H3,(H,22,24). The molecule has 2 aromatic carbocycles. The molecule has 0 saturated heterocycles. The van der Waals surface area contributed by atoms with Gasteiger partial charge in [-0.15, -0.1) is 0 Å². The number of nitrogens with zero attached hydrogens (tertiary/aromatic N) is 2. The molecule has 5 heteroatoms. The van der Waals surface area contributed by atoms with Crippen molar-refractivity contribution in [3.05, 3.63) is 65.7 Å². The Labute approximate surface area is 147 Å². The van der Waals surface area contributed by atoms with Crippen LogP contribution < -0.4 is 5.32 Å². The van der Waals surface area contributed by atoms with E-state index in [9.17, 15) is 9.59 Å². The second-order valence-corrected chi connectivity index (χ2v) is 6.02. The monoisotopic (exact) mass is 335 g/mol. The molecule has 0 bridgehead atoms. The predicted molar refractivity (Wildman–Crippen MR) is 96.5 cm³/mol. The average molecular weight is 335 g/mol. The van der Waals surface area contributed by atoms with E-state index in [2.05, 4.69) is 5.32 Å². The first-order chi connectivity index (χ1) is 12.0. The van der Waals surface area contributed by atoms with Gasteiger partial charge in [0.25, 0.3) is 0 Å². The van der Waals surface area contributed by atoms with Crippen LogP contribution in [0.5, 0.6) is 0 Å². The summed E-state index contributed by atoms with van der Waals surface area (Å²) in [6.45, 7) is 4.33. The first kappa shape index (κ1) is 18.2. The van der Waals surface area contributed by atoms with Gasteiger partial charge >= 0.3 is 0 Å². The number of hydrogen-bond acceptors (Lipinski definition) is 3. The average Bonchev–Trinajstić information content (AvgIpc) is 2.60. The first-order valence-corrected chi connectivity index (χ1v) is 8.13. The van der Waals surface area contributed by atoms with Gasteiger partial charge in [-0.05, 0) is 43.7 Å². The second kappa shape index (κ2) is 8.65. The lowest BCUT2D eigenvalue weighted by atomic mass is 10.1. The summed E-state index contributed by atoms with van der Waals surface area (Å²) in [5.74, 6) is -0.585. The normalized spacial score (nSPS) is 10.2. The van der Waals surface area contributed by atoms with Crippen LogP contribution in [-0.4, -0.2) is 22.8 Å². The molecular weight excluding hydrogens is 314 g/mol. The molecule has 0 aliphatic carbocycles. The number of amides is 2. The Morgan fingerprint density at radius 3 is 2.28 bits per heavy atom. The van der Waals surface area contributed by atoms with Gasteiger partial charge in [-0.2, -0.15) is 5.26 Å². The van der Waals surface area contributed by atoms with E-state index >= 15 is 0 Å². The van der Waals surface area contributed by atoms with Crippen LogP contribution in [0.1, 0.15) is 31.4 Å². The third-order valence-corrected chi connectivity index (χ3v) is 3.75. The zero-order chi connectivity index (χ0) is 18.2. The van der Waals surface area contributed by atoms with E-state index in [-0.39, 0.29) is 24.3 Å². The molecule has 0 heterocycles. The Hall–Kier alpha value is -3.13. The van der Waals surface area contributed by atoms with Gasteiger partial charge in [0.05, 0.1) is 11.6 Å². The molecule has 0 aliphatic rings. The maximum Gasteiger partial charge on any atom is 0.233 e. The third-order valence-electron chi connectivity index (χ3n) is 3.75. The van der Waals surface area contributed by atoms with Gasteiger partial charge in [0.2, 0.25) is 11.8 Å². The Morgan fingerprint density at radius 2 is 1.72 bits per heavy atom. The van der Waals surface area contributed by atoms with Crippen LogP contribution in [0, 0.1) is 11.3 Å². The van der Waals surface area contributed by atoms with E-state index < -0.39 is 0 Å². The summed E-state index contributed by atoms with van der Waals surface area (Å²) < 4.78 is 0. The van der Waals surface area contributed by atoms with E-state index in [1.165, 1.54) is 0 Å². The molecule has 0 spiro atoms. The van der Waals surface area contributed by atoms with Crippen LogP contribution in [0.4, 0.5) is 5.69 Å². The van der Waals surface area contributed by atoms with Crippen LogP contribution >= 0.6 is 0 Å². The number of carbonyl (C=O) groups excluding carboxylic acids is 2. The molecule has 0 aliphatic heterocycles. The van der Waals surface area contributed by atoms with Crippen molar-refractivity contribution in [2.24, 2.45) is 0 Å². The summed E-state index contributed by atoms with van der Waals surface area (Å²) >= 11 is 0. The van der Waals surface area contributed by atoms with Gasteiger partial charge in [-0.25, -0.2) is 0 Å². The van der Waals surface area contributed by atoms with Crippen LogP contribution in [0.25, 0.3) is 0 Å². The highest BCUT2D eigenvalue weighted by atomic mass is 16.2. The Bertz CT molecular complexity index is 762.